The molecule has 0 spiro atoms. The lowest BCUT2D eigenvalue weighted by molar-refractivity contribution is -0.152. The molecule has 3 heteroatoms. The zero-order valence-corrected chi connectivity index (χ0v) is 8.29. The fourth-order valence-electron chi connectivity index (χ4n) is 1.39. The number of piperidine rings is 1. The molecule has 1 radical (unpaired) electrons. The highest BCUT2D eigenvalue weighted by Crippen LogP contribution is 2.10. The van der Waals surface area contributed by atoms with Crippen LogP contribution in [-0.2, 0) is 9.53 Å². The molecule has 1 unspecified atom stereocenters. The monoisotopic (exact) mass is 184 g/mol. The van der Waals surface area contributed by atoms with Gasteiger partial charge in [0.25, 0.3) is 0 Å². The second kappa shape index (κ2) is 5.97. The number of carbonyl (C=O) groups excluding carboxylic acids is 1. The molecule has 0 aromatic heterocycles. The Morgan fingerprint density at radius 1 is 1.54 bits per heavy atom. The van der Waals surface area contributed by atoms with Gasteiger partial charge in [-0.3, -0.25) is 4.79 Å². The molecule has 13 heavy (non-hydrogen) atoms. The molecule has 1 heterocycles. The first kappa shape index (κ1) is 10.5. The van der Waals surface area contributed by atoms with Gasteiger partial charge in [-0.25, -0.2) is 5.32 Å². The van der Waals surface area contributed by atoms with Crippen molar-refractivity contribution >= 4 is 5.97 Å². The predicted octanol–water partition coefficient (Wildman–Crippen LogP) is 1.83. The topological polar surface area (TPSA) is 40.4 Å². The Kier molecular flexibility index (Phi) is 4.83. The van der Waals surface area contributed by atoms with Gasteiger partial charge in [0.2, 0.25) is 0 Å². The van der Waals surface area contributed by atoms with Crippen molar-refractivity contribution in [3.05, 3.63) is 0 Å². The Labute approximate surface area is 79.8 Å². The van der Waals surface area contributed by atoms with Crippen LogP contribution in [0.4, 0.5) is 0 Å². The van der Waals surface area contributed by atoms with Gasteiger partial charge in [0.05, 0.1) is 0 Å². The Bertz CT molecular complexity index is 153. The van der Waals surface area contributed by atoms with Crippen molar-refractivity contribution in [1.82, 2.24) is 5.32 Å². The molecule has 0 saturated carbocycles. The van der Waals surface area contributed by atoms with Crippen molar-refractivity contribution in [2.45, 2.75) is 51.7 Å². The Balaban J connectivity index is 2.11. The van der Waals surface area contributed by atoms with Crippen LogP contribution >= 0.6 is 0 Å². The van der Waals surface area contributed by atoms with E-state index in [1.807, 2.05) is 0 Å². The molecule has 1 aliphatic rings. The average Bonchev–Trinajstić information content (AvgIpc) is 2.16. The van der Waals surface area contributed by atoms with E-state index in [0.29, 0.717) is 6.42 Å². The van der Waals surface area contributed by atoms with Crippen molar-refractivity contribution < 1.29 is 9.53 Å². The van der Waals surface area contributed by atoms with Crippen LogP contribution in [0.5, 0.6) is 0 Å². The molecular formula is C10H18NO2. The Morgan fingerprint density at radius 3 is 3.00 bits per heavy atom. The van der Waals surface area contributed by atoms with Crippen LogP contribution in [0.25, 0.3) is 0 Å². The molecule has 1 aliphatic heterocycles. The van der Waals surface area contributed by atoms with Crippen LogP contribution in [0.3, 0.4) is 0 Å². The summed E-state index contributed by atoms with van der Waals surface area (Å²) in [7, 11) is 0. The lowest BCUT2D eigenvalue weighted by Gasteiger charge is -2.21. The molecular weight excluding hydrogens is 166 g/mol. The van der Waals surface area contributed by atoms with Crippen molar-refractivity contribution in [3.8, 4) is 0 Å². The number of ether oxygens (including phenoxy) is 1. The number of nitrogens with zero attached hydrogens (tertiary/aromatic N) is 1. The molecule has 0 bridgehead atoms. The van der Waals surface area contributed by atoms with E-state index in [-0.39, 0.29) is 12.2 Å². The minimum Gasteiger partial charge on any atom is -0.445 e. The van der Waals surface area contributed by atoms with Gasteiger partial charge in [-0.05, 0) is 25.7 Å². The smallest absolute Gasteiger partial charge is 0.307 e. The quantitative estimate of drug-likeness (QED) is 0.625. The number of carbonyl (C=O) groups is 1. The van der Waals surface area contributed by atoms with Gasteiger partial charge in [0, 0.05) is 13.0 Å². The van der Waals surface area contributed by atoms with Crippen molar-refractivity contribution in [2.24, 2.45) is 0 Å². The van der Waals surface area contributed by atoms with Crippen molar-refractivity contribution in [1.29, 1.82) is 0 Å². The second-order valence-electron chi connectivity index (χ2n) is 3.45. The van der Waals surface area contributed by atoms with Gasteiger partial charge >= 0.3 is 5.97 Å². The van der Waals surface area contributed by atoms with Crippen LogP contribution in [0.2, 0.25) is 0 Å². The Hall–Kier alpha value is -0.570. The van der Waals surface area contributed by atoms with Crippen LogP contribution in [0.15, 0.2) is 0 Å². The average molecular weight is 184 g/mol. The first-order valence-electron chi connectivity index (χ1n) is 5.19. The van der Waals surface area contributed by atoms with Crippen LogP contribution < -0.4 is 5.32 Å². The largest absolute Gasteiger partial charge is 0.445 e. The van der Waals surface area contributed by atoms with Crippen LogP contribution in [0.1, 0.15) is 45.4 Å². The fourth-order valence-corrected chi connectivity index (χ4v) is 1.39. The number of unbranched alkanes of at least 4 members (excludes halogenated alkanes) is 1. The minimum atomic E-state index is -0.141. The summed E-state index contributed by atoms with van der Waals surface area (Å²) in [5.74, 6) is -0.0856. The number of rotatable bonds is 4. The first-order chi connectivity index (χ1) is 6.33. The summed E-state index contributed by atoms with van der Waals surface area (Å²) in [5.41, 5.74) is 0. The summed E-state index contributed by atoms with van der Waals surface area (Å²) in [6.45, 7) is 2.92. The first-order valence-corrected chi connectivity index (χ1v) is 5.19. The van der Waals surface area contributed by atoms with E-state index >= 15 is 0 Å². The highest BCUT2D eigenvalue weighted by Gasteiger charge is 2.17. The van der Waals surface area contributed by atoms with Crippen molar-refractivity contribution in [2.75, 3.05) is 6.54 Å². The van der Waals surface area contributed by atoms with Crippen molar-refractivity contribution in [3.63, 3.8) is 0 Å². The molecule has 1 atom stereocenters. The summed E-state index contributed by atoms with van der Waals surface area (Å²) >= 11 is 0. The maximum Gasteiger partial charge on any atom is 0.307 e. The lowest BCUT2D eigenvalue weighted by atomic mass is 10.1. The molecule has 0 aliphatic carbocycles. The highest BCUT2D eigenvalue weighted by atomic mass is 16.6. The van der Waals surface area contributed by atoms with Crippen LogP contribution in [0, 0.1) is 0 Å². The van der Waals surface area contributed by atoms with E-state index in [9.17, 15) is 4.79 Å². The molecule has 3 nitrogen and oxygen atoms in total. The van der Waals surface area contributed by atoms with Gasteiger partial charge in [-0.1, -0.05) is 13.3 Å². The maximum absolute atomic E-state index is 11.2. The number of hydrogen-bond donors (Lipinski definition) is 0. The standard InChI is InChI=1S/C10H18NO2/c1-2-3-7-10(12)13-9-6-4-5-8-11-9/h9H,2-8H2,1H3. The molecule has 1 rings (SSSR count). The van der Waals surface area contributed by atoms with Gasteiger partial charge in [0.1, 0.15) is 0 Å². The summed E-state index contributed by atoms with van der Waals surface area (Å²) in [6, 6.07) is 0. The maximum atomic E-state index is 11.2. The second-order valence-corrected chi connectivity index (χ2v) is 3.45. The molecule has 0 amide bonds. The predicted molar refractivity (Wildman–Crippen MR) is 50.3 cm³/mol. The third kappa shape index (κ3) is 4.27. The summed E-state index contributed by atoms with van der Waals surface area (Å²) in [6.07, 6.45) is 5.55. The van der Waals surface area contributed by atoms with E-state index in [0.717, 1.165) is 38.6 Å². The molecule has 1 saturated heterocycles. The Morgan fingerprint density at radius 2 is 2.38 bits per heavy atom. The van der Waals surface area contributed by atoms with E-state index in [2.05, 4.69) is 12.2 Å². The van der Waals surface area contributed by atoms with E-state index < -0.39 is 0 Å². The molecule has 0 aromatic carbocycles. The van der Waals surface area contributed by atoms with E-state index in [4.69, 9.17) is 4.74 Å². The number of esters is 1. The molecule has 0 N–H and O–H groups in total. The zero-order chi connectivity index (χ0) is 9.52. The minimum absolute atomic E-state index is 0.0856. The van der Waals surface area contributed by atoms with Gasteiger partial charge in [0.15, 0.2) is 6.23 Å². The third-order valence-corrected chi connectivity index (χ3v) is 2.19. The van der Waals surface area contributed by atoms with Gasteiger partial charge in [-0.2, -0.15) is 0 Å². The fraction of sp³-hybridized carbons (Fsp3) is 0.900. The third-order valence-electron chi connectivity index (χ3n) is 2.19. The summed E-state index contributed by atoms with van der Waals surface area (Å²) < 4.78 is 5.19. The zero-order valence-electron chi connectivity index (χ0n) is 8.29. The summed E-state index contributed by atoms with van der Waals surface area (Å²) in [4.78, 5) is 11.2. The van der Waals surface area contributed by atoms with Gasteiger partial charge in [-0.15, -0.1) is 0 Å². The van der Waals surface area contributed by atoms with E-state index in [1.165, 1.54) is 0 Å². The molecule has 75 valence electrons. The summed E-state index contributed by atoms with van der Waals surface area (Å²) in [5, 5.41) is 4.23. The SMILES string of the molecule is CCCCC(=O)OC1CCCC[N]1. The van der Waals surface area contributed by atoms with Crippen LogP contribution in [-0.4, -0.2) is 18.7 Å². The van der Waals surface area contributed by atoms with E-state index in [1.54, 1.807) is 0 Å². The normalized spacial score (nSPS) is 22.7. The van der Waals surface area contributed by atoms with Gasteiger partial charge < -0.3 is 4.74 Å². The molecule has 1 fully saturated rings. The highest BCUT2D eigenvalue weighted by molar-refractivity contribution is 5.69. The molecule has 0 aromatic rings. The lowest BCUT2D eigenvalue weighted by Crippen LogP contribution is -2.32. The number of hydrogen-bond acceptors (Lipinski definition) is 2.